The molecular weight excluding hydrogens is 334 g/mol. The van der Waals surface area contributed by atoms with Gasteiger partial charge in [-0.3, -0.25) is 4.79 Å². The average Bonchev–Trinajstić information content (AvgIpc) is 2.82. The molecule has 1 amide bonds. The molecule has 7 nitrogen and oxygen atoms in total. The first-order chi connectivity index (χ1) is 12.2. The number of amides is 1. The maximum Gasteiger partial charge on any atom is 0.339 e. The zero-order valence-electron chi connectivity index (χ0n) is 15.0. The zero-order valence-corrected chi connectivity index (χ0v) is 15.0. The number of nitrogens with zero attached hydrogens (tertiary/aromatic N) is 1. The Morgan fingerprint density at radius 2 is 2.08 bits per heavy atom. The van der Waals surface area contributed by atoms with Gasteiger partial charge in [-0.15, -0.1) is 0 Å². The highest BCUT2D eigenvalue weighted by molar-refractivity contribution is 6.17. The summed E-state index contributed by atoms with van der Waals surface area (Å²) in [6.07, 6.45) is -0.407. The highest BCUT2D eigenvalue weighted by Crippen LogP contribution is 2.52. The fraction of sp³-hybridized carbons (Fsp3) is 0.316. The van der Waals surface area contributed by atoms with Crippen molar-refractivity contribution in [3.63, 3.8) is 0 Å². The van der Waals surface area contributed by atoms with Crippen molar-refractivity contribution in [1.29, 1.82) is 5.26 Å². The lowest BCUT2D eigenvalue weighted by Gasteiger charge is -2.34. The first-order valence-electron chi connectivity index (χ1n) is 8.17. The lowest BCUT2D eigenvalue weighted by Crippen LogP contribution is -2.46. The van der Waals surface area contributed by atoms with Gasteiger partial charge in [-0.2, -0.15) is 5.26 Å². The number of nitrogens with two attached hydrogens (primary N) is 1. The van der Waals surface area contributed by atoms with Crippen LogP contribution < -0.4 is 11.1 Å². The van der Waals surface area contributed by atoms with Crippen molar-refractivity contribution in [2.75, 3.05) is 5.32 Å². The number of nitriles is 1. The normalized spacial score (nSPS) is 21.5. The summed E-state index contributed by atoms with van der Waals surface area (Å²) in [5, 5.41) is 12.5. The number of fused-ring (bicyclic) bond motifs is 2. The van der Waals surface area contributed by atoms with Crippen LogP contribution in [-0.2, 0) is 24.5 Å². The molecule has 26 heavy (non-hydrogen) atoms. The van der Waals surface area contributed by atoms with Crippen molar-refractivity contribution >= 4 is 17.6 Å². The number of anilines is 1. The fourth-order valence-corrected chi connectivity index (χ4v) is 3.52. The van der Waals surface area contributed by atoms with Gasteiger partial charge in [0, 0.05) is 11.3 Å². The molecule has 0 saturated heterocycles. The molecule has 0 bridgehead atoms. The Labute approximate surface area is 151 Å². The number of nitrogens with one attached hydrogen (secondary N) is 1. The number of hydrogen-bond acceptors (Lipinski definition) is 6. The molecule has 1 aromatic carbocycles. The summed E-state index contributed by atoms with van der Waals surface area (Å²) >= 11 is 0. The molecule has 7 heteroatoms. The summed E-state index contributed by atoms with van der Waals surface area (Å²) in [5.41, 5.74) is 5.94. The first-order valence-corrected chi connectivity index (χ1v) is 8.17. The number of carbonyl (C=O) groups is 2. The summed E-state index contributed by atoms with van der Waals surface area (Å²) in [5.74, 6) is -1.31. The predicted molar refractivity (Wildman–Crippen MR) is 93.3 cm³/mol. The topological polar surface area (TPSA) is 114 Å². The molecule has 0 fully saturated rings. The van der Waals surface area contributed by atoms with Crippen LogP contribution in [0.15, 0.2) is 41.0 Å². The number of para-hydroxylation sites is 1. The molecule has 0 radical (unpaired) electrons. The van der Waals surface area contributed by atoms with E-state index in [1.54, 1.807) is 26.0 Å². The van der Waals surface area contributed by atoms with Crippen molar-refractivity contribution in [3.8, 4) is 6.07 Å². The highest BCUT2D eigenvalue weighted by Gasteiger charge is 2.60. The Morgan fingerprint density at radius 3 is 2.69 bits per heavy atom. The Kier molecular flexibility index (Phi) is 3.99. The van der Waals surface area contributed by atoms with Crippen molar-refractivity contribution in [2.45, 2.75) is 39.2 Å². The van der Waals surface area contributed by atoms with Gasteiger partial charge >= 0.3 is 5.97 Å². The minimum absolute atomic E-state index is 0.0289. The summed E-state index contributed by atoms with van der Waals surface area (Å²) in [4.78, 5) is 26.0. The van der Waals surface area contributed by atoms with Crippen LogP contribution in [0.25, 0.3) is 0 Å². The number of carbonyl (C=O) groups excluding carboxylic acids is 2. The van der Waals surface area contributed by atoms with E-state index in [1.165, 1.54) is 6.92 Å². The highest BCUT2D eigenvalue weighted by atomic mass is 16.5. The average molecular weight is 353 g/mol. The molecule has 1 spiro atoms. The van der Waals surface area contributed by atoms with E-state index in [4.69, 9.17) is 15.2 Å². The number of hydrogen-bond donors (Lipinski definition) is 2. The molecule has 2 aliphatic heterocycles. The van der Waals surface area contributed by atoms with Crippen LogP contribution in [0.1, 0.15) is 31.9 Å². The summed E-state index contributed by atoms with van der Waals surface area (Å²) < 4.78 is 10.8. The van der Waals surface area contributed by atoms with E-state index in [-0.39, 0.29) is 22.8 Å². The van der Waals surface area contributed by atoms with Crippen LogP contribution in [0.5, 0.6) is 0 Å². The second-order valence-corrected chi connectivity index (χ2v) is 6.54. The van der Waals surface area contributed by atoms with Gasteiger partial charge in [-0.05, 0) is 33.3 Å². The predicted octanol–water partition coefficient (Wildman–Crippen LogP) is 2.13. The van der Waals surface area contributed by atoms with Crippen LogP contribution in [0.2, 0.25) is 0 Å². The lowest BCUT2D eigenvalue weighted by atomic mass is 9.68. The molecule has 0 saturated carbocycles. The van der Waals surface area contributed by atoms with E-state index < -0.39 is 23.4 Å². The fourth-order valence-electron chi connectivity index (χ4n) is 3.52. The first kappa shape index (κ1) is 17.5. The third-order valence-electron chi connectivity index (χ3n) is 4.53. The van der Waals surface area contributed by atoms with Gasteiger partial charge in [0.2, 0.25) is 11.8 Å². The Bertz CT molecular complexity index is 937. The van der Waals surface area contributed by atoms with E-state index in [0.717, 1.165) is 5.56 Å². The van der Waals surface area contributed by atoms with Crippen LogP contribution in [-0.4, -0.2) is 18.0 Å². The molecule has 1 unspecified atom stereocenters. The molecule has 1 aromatic rings. The molecule has 1 atom stereocenters. The number of benzene rings is 1. The van der Waals surface area contributed by atoms with Gasteiger partial charge in [0.05, 0.1) is 6.10 Å². The van der Waals surface area contributed by atoms with Crippen LogP contribution in [0.4, 0.5) is 5.69 Å². The molecule has 2 aliphatic rings. The van der Waals surface area contributed by atoms with Crippen molar-refractivity contribution in [3.05, 3.63) is 52.1 Å². The summed E-state index contributed by atoms with van der Waals surface area (Å²) in [6.45, 7) is 6.76. The number of esters is 1. The van der Waals surface area contributed by atoms with Gasteiger partial charge < -0.3 is 20.5 Å². The zero-order chi connectivity index (χ0) is 19.2. The van der Waals surface area contributed by atoms with Crippen molar-refractivity contribution in [1.82, 2.24) is 0 Å². The molecular formula is C19H19N3O4. The molecule has 0 aliphatic carbocycles. The Balaban J connectivity index is 2.38. The maximum absolute atomic E-state index is 13.2. The monoisotopic (exact) mass is 353 g/mol. The van der Waals surface area contributed by atoms with E-state index in [0.29, 0.717) is 11.3 Å². The van der Waals surface area contributed by atoms with Crippen molar-refractivity contribution < 1.29 is 19.1 Å². The standard InChI is InChI=1S/C19H19N3O4/c1-9(2)25-17(23)14-11(4)26-16(21)13(8-20)19(14)12-7-5-6-10(3)15(12)22-18(19)24/h5-7,9H,21H2,1-4H3,(H,22,24). The van der Waals surface area contributed by atoms with Crippen LogP contribution in [0.3, 0.4) is 0 Å². The minimum atomic E-state index is -1.69. The van der Waals surface area contributed by atoms with E-state index in [9.17, 15) is 14.9 Å². The number of ether oxygens (including phenoxy) is 2. The third-order valence-corrected chi connectivity index (χ3v) is 4.53. The summed E-state index contributed by atoms with van der Waals surface area (Å²) in [7, 11) is 0. The van der Waals surface area contributed by atoms with Crippen molar-refractivity contribution in [2.24, 2.45) is 5.73 Å². The minimum Gasteiger partial charge on any atom is -0.459 e. The third kappa shape index (κ3) is 2.19. The lowest BCUT2D eigenvalue weighted by molar-refractivity contribution is -0.144. The molecule has 0 aromatic heterocycles. The number of allylic oxidation sites excluding steroid dienone is 1. The smallest absolute Gasteiger partial charge is 0.339 e. The largest absolute Gasteiger partial charge is 0.459 e. The molecule has 3 N–H and O–H groups in total. The summed E-state index contributed by atoms with van der Waals surface area (Å²) in [6, 6.07) is 7.26. The van der Waals surface area contributed by atoms with Gasteiger partial charge in [0.15, 0.2) is 5.41 Å². The van der Waals surface area contributed by atoms with Gasteiger partial charge in [-0.1, -0.05) is 18.2 Å². The van der Waals surface area contributed by atoms with E-state index >= 15 is 0 Å². The SMILES string of the molecule is CC1=C(C(=O)OC(C)C)C2(C(=O)Nc3c(C)cccc32)C(C#N)=C(N)O1. The molecule has 2 heterocycles. The maximum atomic E-state index is 13.2. The van der Waals surface area contributed by atoms with Gasteiger partial charge in [-0.25, -0.2) is 4.79 Å². The van der Waals surface area contributed by atoms with E-state index in [1.807, 2.05) is 19.1 Å². The number of aryl methyl sites for hydroxylation is 1. The van der Waals surface area contributed by atoms with Gasteiger partial charge in [0.25, 0.3) is 0 Å². The van der Waals surface area contributed by atoms with Crippen LogP contribution >= 0.6 is 0 Å². The second kappa shape index (κ2) is 5.92. The second-order valence-electron chi connectivity index (χ2n) is 6.54. The molecule has 3 rings (SSSR count). The Morgan fingerprint density at radius 1 is 1.38 bits per heavy atom. The quantitative estimate of drug-likeness (QED) is 0.787. The molecule has 134 valence electrons. The van der Waals surface area contributed by atoms with Gasteiger partial charge in [0.1, 0.15) is 23.0 Å². The number of rotatable bonds is 2. The Hall–Kier alpha value is -3.27. The van der Waals surface area contributed by atoms with E-state index in [2.05, 4.69) is 5.32 Å². The van der Waals surface area contributed by atoms with Crippen LogP contribution in [0, 0.1) is 18.3 Å².